The number of alkyl halides is 1. The molecule has 0 aromatic heterocycles. The molecule has 0 aliphatic rings. The quantitative estimate of drug-likeness (QED) is 0.414. The zero-order valence-corrected chi connectivity index (χ0v) is 10.2. The lowest BCUT2D eigenvalue weighted by Gasteiger charge is -2.06. The lowest BCUT2D eigenvalue weighted by Crippen LogP contribution is -1.96. The largest absolute Gasteiger partial charge is 0.0891 e. The summed E-state index contributed by atoms with van der Waals surface area (Å²) < 4.78 is 0. The van der Waals surface area contributed by atoms with E-state index in [1.54, 1.807) is 0 Å². The van der Waals surface area contributed by atoms with E-state index in [9.17, 15) is 0 Å². The molecule has 0 heterocycles. The van der Waals surface area contributed by atoms with E-state index in [1.165, 1.54) is 51.4 Å². The van der Waals surface area contributed by atoms with Gasteiger partial charge in [-0.25, -0.2) is 0 Å². The predicted octanol–water partition coefficient (Wildman–Crippen LogP) is 4.91. The Bertz CT molecular complexity index is 81.1. The average molecular weight is 235 g/mol. The molecule has 74 valence electrons. The van der Waals surface area contributed by atoms with Crippen LogP contribution in [-0.2, 0) is 0 Å². The fourth-order valence-corrected chi connectivity index (χ4v) is 2.21. The topological polar surface area (TPSA) is 0 Å². The van der Waals surface area contributed by atoms with Crippen molar-refractivity contribution < 1.29 is 0 Å². The number of hydrogen-bond donors (Lipinski definition) is 0. The highest BCUT2D eigenvalue weighted by Gasteiger charge is 2.00. The highest BCUT2D eigenvalue weighted by Crippen LogP contribution is 2.16. The Labute approximate surface area is 86.3 Å². The molecule has 0 aromatic rings. The lowest BCUT2D eigenvalue weighted by molar-refractivity contribution is 0.584. The van der Waals surface area contributed by atoms with Crippen LogP contribution < -0.4 is 0 Å². The normalized spacial score (nSPS) is 13.2. The van der Waals surface area contributed by atoms with E-state index in [2.05, 4.69) is 29.8 Å². The molecule has 12 heavy (non-hydrogen) atoms. The fourth-order valence-electron chi connectivity index (χ4n) is 1.43. The van der Waals surface area contributed by atoms with Crippen LogP contribution in [0.3, 0.4) is 0 Å². The van der Waals surface area contributed by atoms with Gasteiger partial charge in [-0.15, -0.1) is 0 Å². The van der Waals surface area contributed by atoms with Gasteiger partial charge in [0.2, 0.25) is 0 Å². The molecular formula is C11H23Br. The van der Waals surface area contributed by atoms with Crippen LogP contribution in [0.5, 0.6) is 0 Å². The maximum atomic E-state index is 3.71. The van der Waals surface area contributed by atoms with Gasteiger partial charge < -0.3 is 0 Å². The van der Waals surface area contributed by atoms with Gasteiger partial charge in [0.1, 0.15) is 0 Å². The first-order valence-electron chi connectivity index (χ1n) is 5.45. The molecule has 0 spiro atoms. The Morgan fingerprint density at radius 3 is 2.08 bits per heavy atom. The molecule has 0 bridgehead atoms. The van der Waals surface area contributed by atoms with Crippen molar-refractivity contribution in [2.24, 2.45) is 0 Å². The van der Waals surface area contributed by atoms with E-state index >= 15 is 0 Å². The molecule has 0 radical (unpaired) electrons. The van der Waals surface area contributed by atoms with Gasteiger partial charge in [-0.1, -0.05) is 68.3 Å². The van der Waals surface area contributed by atoms with E-state index < -0.39 is 0 Å². The minimum Gasteiger partial charge on any atom is -0.0891 e. The van der Waals surface area contributed by atoms with Crippen molar-refractivity contribution in [3.63, 3.8) is 0 Å². The SMILES string of the molecule is CCCCCCCC(Br)CCC. The highest BCUT2D eigenvalue weighted by molar-refractivity contribution is 9.09. The predicted molar refractivity (Wildman–Crippen MR) is 61.0 cm³/mol. The van der Waals surface area contributed by atoms with E-state index in [1.807, 2.05) is 0 Å². The molecule has 0 fully saturated rings. The third kappa shape index (κ3) is 8.58. The second kappa shape index (κ2) is 9.57. The first-order valence-corrected chi connectivity index (χ1v) is 6.36. The first kappa shape index (κ1) is 12.5. The molecule has 0 aliphatic heterocycles. The van der Waals surface area contributed by atoms with E-state index in [4.69, 9.17) is 0 Å². The Kier molecular flexibility index (Phi) is 9.95. The van der Waals surface area contributed by atoms with Crippen molar-refractivity contribution in [1.29, 1.82) is 0 Å². The van der Waals surface area contributed by atoms with Crippen molar-refractivity contribution in [3.8, 4) is 0 Å². The molecular weight excluding hydrogens is 212 g/mol. The molecule has 0 N–H and O–H groups in total. The minimum absolute atomic E-state index is 0.782. The van der Waals surface area contributed by atoms with Gasteiger partial charge in [-0.2, -0.15) is 0 Å². The Morgan fingerprint density at radius 2 is 1.50 bits per heavy atom. The van der Waals surface area contributed by atoms with Gasteiger partial charge in [-0.3, -0.25) is 0 Å². The zero-order chi connectivity index (χ0) is 9.23. The first-order chi connectivity index (χ1) is 5.81. The van der Waals surface area contributed by atoms with Crippen LogP contribution >= 0.6 is 15.9 Å². The summed E-state index contributed by atoms with van der Waals surface area (Å²) in [6.45, 7) is 4.52. The summed E-state index contributed by atoms with van der Waals surface area (Å²) >= 11 is 3.71. The lowest BCUT2D eigenvalue weighted by atomic mass is 10.1. The van der Waals surface area contributed by atoms with Crippen molar-refractivity contribution in [1.82, 2.24) is 0 Å². The van der Waals surface area contributed by atoms with Gasteiger partial charge in [0.05, 0.1) is 0 Å². The zero-order valence-electron chi connectivity index (χ0n) is 8.61. The van der Waals surface area contributed by atoms with Gasteiger partial charge in [0, 0.05) is 4.83 Å². The Balaban J connectivity index is 2.97. The maximum absolute atomic E-state index is 3.71. The molecule has 0 saturated carbocycles. The summed E-state index contributed by atoms with van der Waals surface area (Å²) in [5.41, 5.74) is 0. The molecule has 1 unspecified atom stereocenters. The summed E-state index contributed by atoms with van der Waals surface area (Å²) in [6, 6.07) is 0. The van der Waals surface area contributed by atoms with Gasteiger partial charge in [0.15, 0.2) is 0 Å². The van der Waals surface area contributed by atoms with Crippen molar-refractivity contribution in [2.75, 3.05) is 0 Å². The molecule has 0 nitrogen and oxygen atoms in total. The minimum atomic E-state index is 0.782. The smallest absolute Gasteiger partial charge is 0.0145 e. The fraction of sp³-hybridized carbons (Fsp3) is 1.00. The summed E-state index contributed by atoms with van der Waals surface area (Å²) in [5, 5.41) is 0. The molecule has 1 heteroatoms. The number of hydrogen-bond acceptors (Lipinski definition) is 0. The molecule has 0 aliphatic carbocycles. The van der Waals surface area contributed by atoms with Crippen LogP contribution in [0.2, 0.25) is 0 Å². The molecule has 0 aromatic carbocycles. The van der Waals surface area contributed by atoms with Crippen LogP contribution in [0.25, 0.3) is 0 Å². The van der Waals surface area contributed by atoms with E-state index in [0.29, 0.717) is 0 Å². The standard InChI is InChI=1S/C11H23Br/c1-3-5-6-7-8-10-11(12)9-4-2/h11H,3-10H2,1-2H3. The third-order valence-corrected chi connectivity index (χ3v) is 3.14. The van der Waals surface area contributed by atoms with Crippen LogP contribution in [-0.4, -0.2) is 4.83 Å². The Hall–Kier alpha value is 0.480. The van der Waals surface area contributed by atoms with Crippen molar-refractivity contribution >= 4 is 15.9 Å². The van der Waals surface area contributed by atoms with E-state index in [-0.39, 0.29) is 0 Å². The summed E-state index contributed by atoms with van der Waals surface area (Å²) in [7, 11) is 0. The van der Waals surface area contributed by atoms with Gasteiger partial charge in [-0.05, 0) is 12.8 Å². The van der Waals surface area contributed by atoms with Crippen LogP contribution in [0, 0.1) is 0 Å². The van der Waals surface area contributed by atoms with E-state index in [0.717, 1.165) is 4.83 Å². The number of unbranched alkanes of at least 4 members (excludes halogenated alkanes) is 4. The molecule has 1 atom stereocenters. The summed E-state index contributed by atoms with van der Waals surface area (Å²) in [6.07, 6.45) is 11.1. The van der Waals surface area contributed by atoms with Crippen molar-refractivity contribution in [2.45, 2.75) is 70.0 Å². The maximum Gasteiger partial charge on any atom is 0.0145 e. The number of halogens is 1. The summed E-state index contributed by atoms with van der Waals surface area (Å²) in [5.74, 6) is 0. The summed E-state index contributed by atoms with van der Waals surface area (Å²) in [4.78, 5) is 0.782. The number of rotatable bonds is 8. The monoisotopic (exact) mass is 234 g/mol. The van der Waals surface area contributed by atoms with Crippen LogP contribution in [0.15, 0.2) is 0 Å². The van der Waals surface area contributed by atoms with Gasteiger partial charge >= 0.3 is 0 Å². The highest BCUT2D eigenvalue weighted by atomic mass is 79.9. The van der Waals surface area contributed by atoms with Gasteiger partial charge in [0.25, 0.3) is 0 Å². The second-order valence-electron chi connectivity index (χ2n) is 3.59. The molecule has 0 amide bonds. The van der Waals surface area contributed by atoms with Crippen LogP contribution in [0.1, 0.15) is 65.2 Å². The van der Waals surface area contributed by atoms with Crippen LogP contribution in [0.4, 0.5) is 0 Å². The average Bonchev–Trinajstić information content (AvgIpc) is 2.05. The van der Waals surface area contributed by atoms with Crippen molar-refractivity contribution in [3.05, 3.63) is 0 Å². The Morgan fingerprint density at radius 1 is 0.833 bits per heavy atom. The third-order valence-electron chi connectivity index (χ3n) is 2.22. The second-order valence-corrected chi connectivity index (χ2v) is 4.88. The molecule has 0 rings (SSSR count). The molecule has 0 saturated heterocycles.